The Morgan fingerprint density at radius 1 is 1.12 bits per heavy atom. The number of aryl methyl sites for hydroxylation is 1. The molecule has 3 nitrogen and oxygen atoms in total. The Bertz CT molecular complexity index is 454. The molecule has 0 fully saturated rings. The summed E-state index contributed by atoms with van der Waals surface area (Å²) in [6.45, 7) is 0.891. The number of benzene rings is 1. The van der Waals surface area contributed by atoms with Crippen LogP contribution in [0, 0.1) is 0 Å². The predicted molar refractivity (Wildman–Crippen MR) is 63.4 cm³/mol. The van der Waals surface area contributed by atoms with Gasteiger partial charge in [-0.25, -0.2) is 0 Å². The molecule has 0 atom stereocenters. The van der Waals surface area contributed by atoms with E-state index in [0.29, 0.717) is 0 Å². The van der Waals surface area contributed by atoms with E-state index in [9.17, 15) is 4.79 Å². The maximum absolute atomic E-state index is 10.3. The van der Waals surface area contributed by atoms with Gasteiger partial charge in [0.2, 0.25) is 0 Å². The summed E-state index contributed by atoms with van der Waals surface area (Å²) < 4.78 is 2.13. The van der Waals surface area contributed by atoms with Crippen LogP contribution in [0.15, 0.2) is 36.7 Å². The first kappa shape index (κ1) is 10.7. The molecule has 0 aliphatic rings. The molecule has 0 aliphatic carbocycles. The third-order valence-corrected chi connectivity index (χ3v) is 2.66. The summed E-state index contributed by atoms with van der Waals surface area (Å²) >= 11 is 0. The monoisotopic (exact) mass is 217 g/mol. The van der Waals surface area contributed by atoms with Gasteiger partial charge in [-0.1, -0.05) is 24.3 Å². The Morgan fingerprint density at radius 3 is 2.31 bits per heavy atom. The maximum atomic E-state index is 10.3. The van der Waals surface area contributed by atoms with Gasteiger partial charge >= 0.3 is 5.97 Å². The molecular formula is C13H15NO2. The van der Waals surface area contributed by atoms with E-state index in [1.165, 1.54) is 10.8 Å². The van der Waals surface area contributed by atoms with Crippen LogP contribution < -0.4 is 0 Å². The number of fused-ring (bicyclic) bond motifs is 1. The van der Waals surface area contributed by atoms with Crippen molar-refractivity contribution in [1.29, 1.82) is 0 Å². The first-order valence-electron chi connectivity index (χ1n) is 5.52. The van der Waals surface area contributed by atoms with Crippen LogP contribution >= 0.6 is 0 Å². The second-order valence-electron chi connectivity index (χ2n) is 3.98. The highest BCUT2D eigenvalue weighted by Crippen LogP contribution is 2.15. The second kappa shape index (κ2) is 4.84. The van der Waals surface area contributed by atoms with E-state index in [-0.39, 0.29) is 6.42 Å². The van der Waals surface area contributed by atoms with E-state index in [1.54, 1.807) is 0 Å². The Kier molecular flexibility index (Phi) is 3.25. The number of hydrogen-bond acceptors (Lipinski definition) is 1. The highest BCUT2D eigenvalue weighted by molar-refractivity contribution is 5.82. The zero-order valence-electron chi connectivity index (χ0n) is 9.10. The van der Waals surface area contributed by atoms with E-state index in [0.717, 1.165) is 19.4 Å². The van der Waals surface area contributed by atoms with Crippen molar-refractivity contribution in [2.45, 2.75) is 25.8 Å². The summed E-state index contributed by atoms with van der Waals surface area (Å²) in [6, 6.07) is 8.22. The number of aliphatic carboxylic acids is 1. The van der Waals surface area contributed by atoms with Gasteiger partial charge in [0.15, 0.2) is 0 Å². The number of carboxylic acids is 1. The topological polar surface area (TPSA) is 42.2 Å². The standard InChI is InChI=1S/C13H15NO2/c15-13(16)7-3-4-8-14-9-11-5-1-2-6-12(11)10-14/h1-2,5-6,9-10H,3-4,7-8H2,(H,15,16). The molecule has 0 saturated carbocycles. The zero-order valence-corrected chi connectivity index (χ0v) is 9.10. The number of nitrogens with zero attached hydrogens (tertiary/aromatic N) is 1. The van der Waals surface area contributed by atoms with Crippen LogP contribution in [0.25, 0.3) is 10.8 Å². The lowest BCUT2D eigenvalue weighted by atomic mass is 10.2. The molecule has 0 bridgehead atoms. The summed E-state index contributed by atoms with van der Waals surface area (Å²) in [5.74, 6) is -0.710. The molecule has 0 spiro atoms. The Labute approximate surface area is 94.3 Å². The molecule has 2 rings (SSSR count). The van der Waals surface area contributed by atoms with Crippen LogP contribution in [0.3, 0.4) is 0 Å². The van der Waals surface area contributed by atoms with Crippen LogP contribution in [0.1, 0.15) is 19.3 Å². The van der Waals surface area contributed by atoms with Crippen molar-refractivity contribution in [3.63, 3.8) is 0 Å². The molecule has 0 amide bonds. The van der Waals surface area contributed by atoms with Crippen molar-refractivity contribution in [1.82, 2.24) is 4.57 Å². The van der Waals surface area contributed by atoms with Crippen molar-refractivity contribution < 1.29 is 9.90 Å². The third-order valence-electron chi connectivity index (χ3n) is 2.66. The number of rotatable bonds is 5. The van der Waals surface area contributed by atoms with Crippen molar-refractivity contribution >= 4 is 16.7 Å². The lowest BCUT2D eigenvalue weighted by molar-refractivity contribution is -0.137. The van der Waals surface area contributed by atoms with Gasteiger partial charge in [0, 0.05) is 25.4 Å². The van der Waals surface area contributed by atoms with Crippen molar-refractivity contribution in [2.24, 2.45) is 0 Å². The Hall–Kier alpha value is -1.77. The molecule has 16 heavy (non-hydrogen) atoms. The second-order valence-corrected chi connectivity index (χ2v) is 3.98. The quantitative estimate of drug-likeness (QED) is 0.782. The van der Waals surface area contributed by atoms with Crippen LogP contribution in [-0.4, -0.2) is 15.6 Å². The largest absolute Gasteiger partial charge is 0.481 e. The summed E-state index contributed by atoms with van der Waals surface area (Å²) in [7, 11) is 0. The highest BCUT2D eigenvalue weighted by Gasteiger charge is 1.99. The van der Waals surface area contributed by atoms with Gasteiger partial charge in [0.25, 0.3) is 0 Å². The minimum absolute atomic E-state index is 0.265. The van der Waals surface area contributed by atoms with E-state index < -0.39 is 5.97 Å². The number of unbranched alkanes of at least 4 members (excludes halogenated alkanes) is 1. The average molecular weight is 217 g/mol. The zero-order chi connectivity index (χ0) is 11.4. The fourth-order valence-electron chi connectivity index (χ4n) is 1.84. The number of hydrogen-bond donors (Lipinski definition) is 1. The van der Waals surface area contributed by atoms with Gasteiger partial charge in [-0.15, -0.1) is 0 Å². The molecule has 1 heterocycles. The summed E-state index contributed by atoms with van der Waals surface area (Å²) in [4.78, 5) is 10.3. The van der Waals surface area contributed by atoms with Crippen molar-refractivity contribution in [3.05, 3.63) is 36.7 Å². The van der Waals surface area contributed by atoms with Gasteiger partial charge in [-0.3, -0.25) is 4.79 Å². The number of carbonyl (C=O) groups is 1. The summed E-state index contributed by atoms with van der Waals surface area (Å²) in [6.07, 6.45) is 6.13. The van der Waals surface area contributed by atoms with E-state index >= 15 is 0 Å². The van der Waals surface area contributed by atoms with Gasteiger partial charge < -0.3 is 9.67 Å². The molecule has 0 aliphatic heterocycles. The first-order valence-corrected chi connectivity index (χ1v) is 5.52. The van der Waals surface area contributed by atoms with E-state index in [4.69, 9.17) is 5.11 Å². The van der Waals surface area contributed by atoms with Crippen LogP contribution in [0.4, 0.5) is 0 Å². The molecule has 0 radical (unpaired) electrons. The minimum Gasteiger partial charge on any atom is -0.481 e. The number of aromatic nitrogens is 1. The van der Waals surface area contributed by atoms with Crippen LogP contribution in [-0.2, 0) is 11.3 Å². The van der Waals surface area contributed by atoms with E-state index in [1.807, 2.05) is 12.1 Å². The lowest BCUT2D eigenvalue weighted by Crippen LogP contribution is -1.98. The molecule has 2 aromatic rings. The predicted octanol–water partition coefficient (Wildman–Crippen LogP) is 2.90. The molecule has 3 heteroatoms. The lowest BCUT2D eigenvalue weighted by Gasteiger charge is -2.00. The van der Waals surface area contributed by atoms with Gasteiger partial charge in [-0.2, -0.15) is 0 Å². The molecule has 1 aromatic heterocycles. The van der Waals surface area contributed by atoms with Crippen molar-refractivity contribution in [2.75, 3.05) is 0 Å². The molecular weight excluding hydrogens is 202 g/mol. The van der Waals surface area contributed by atoms with Gasteiger partial charge in [-0.05, 0) is 23.6 Å². The SMILES string of the molecule is O=C(O)CCCCn1cc2ccccc2c1. The molecule has 1 N–H and O–H groups in total. The van der Waals surface area contributed by atoms with Crippen molar-refractivity contribution in [3.8, 4) is 0 Å². The molecule has 0 unspecified atom stereocenters. The summed E-state index contributed by atoms with van der Waals surface area (Å²) in [5.41, 5.74) is 0. The maximum Gasteiger partial charge on any atom is 0.303 e. The average Bonchev–Trinajstić information content (AvgIpc) is 2.66. The minimum atomic E-state index is -0.710. The van der Waals surface area contributed by atoms with Crippen LogP contribution in [0.2, 0.25) is 0 Å². The molecule has 0 saturated heterocycles. The van der Waals surface area contributed by atoms with Crippen LogP contribution in [0.5, 0.6) is 0 Å². The smallest absolute Gasteiger partial charge is 0.303 e. The Morgan fingerprint density at radius 2 is 1.75 bits per heavy atom. The molecule has 84 valence electrons. The van der Waals surface area contributed by atoms with E-state index in [2.05, 4.69) is 29.1 Å². The fraction of sp³-hybridized carbons (Fsp3) is 0.308. The fourth-order valence-corrected chi connectivity index (χ4v) is 1.84. The Balaban J connectivity index is 1.92. The highest BCUT2D eigenvalue weighted by atomic mass is 16.4. The normalized spacial score (nSPS) is 10.8. The van der Waals surface area contributed by atoms with Gasteiger partial charge in [0.1, 0.15) is 0 Å². The first-order chi connectivity index (χ1) is 7.75. The summed E-state index contributed by atoms with van der Waals surface area (Å²) in [5, 5.41) is 11.0. The number of carboxylic acid groups (broad SMARTS) is 1. The van der Waals surface area contributed by atoms with Gasteiger partial charge in [0.05, 0.1) is 0 Å². The third kappa shape index (κ3) is 2.63. The molecule has 1 aromatic carbocycles.